The van der Waals surface area contributed by atoms with Crippen LogP contribution in [0.3, 0.4) is 0 Å². The second kappa shape index (κ2) is 7.81. The lowest BCUT2D eigenvalue weighted by Crippen LogP contribution is -2.22. The molecule has 1 aliphatic heterocycles. The van der Waals surface area contributed by atoms with Gasteiger partial charge in [0.1, 0.15) is 29.7 Å². The van der Waals surface area contributed by atoms with Gasteiger partial charge in [0.2, 0.25) is 0 Å². The second-order valence-electron chi connectivity index (χ2n) is 6.58. The molecule has 3 aromatic rings. The van der Waals surface area contributed by atoms with Crippen LogP contribution in [0.2, 0.25) is 5.02 Å². The molecule has 0 N–H and O–H groups in total. The highest BCUT2D eigenvalue weighted by Crippen LogP contribution is 2.59. The van der Waals surface area contributed by atoms with E-state index in [0.717, 1.165) is 29.0 Å². The van der Waals surface area contributed by atoms with Gasteiger partial charge in [-0.15, -0.1) is 0 Å². The van der Waals surface area contributed by atoms with Crippen molar-refractivity contribution >= 4 is 23.4 Å². The highest BCUT2D eigenvalue weighted by Gasteiger charge is 2.61. The van der Waals surface area contributed by atoms with E-state index < -0.39 is 23.3 Å². The molecule has 2 heterocycles. The molecule has 1 aromatic heterocycles. The molecule has 146 valence electrons. The molecule has 1 aliphatic rings. The van der Waals surface area contributed by atoms with Crippen LogP contribution in [0.15, 0.2) is 53.9 Å². The van der Waals surface area contributed by atoms with Crippen molar-refractivity contribution in [1.29, 1.82) is 0 Å². The van der Waals surface area contributed by atoms with Gasteiger partial charge >= 0.3 is 0 Å². The lowest BCUT2D eigenvalue weighted by molar-refractivity contribution is 0.250. The van der Waals surface area contributed by atoms with E-state index >= 15 is 0 Å². The van der Waals surface area contributed by atoms with Crippen LogP contribution in [-0.4, -0.2) is 20.5 Å². The number of hydrogen-bond acceptors (Lipinski definition) is 4. The Labute approximate surface area is 170 Å². The summed E-state index contributed by atoms with van der Waals surface area (Å²) in [7, 11) is 0. The number of nitrogens with zero attached hydrogens (tertiary/aromatic N) is 3. The van der Waals surface area contributed by atoms with E-state index in [-0.39, 0.29) is 12.1 Å². The first-order valence-corrected chi connectivity index (χ1v) is 10.3. The smallest absolute Gasteiger partial charge is 0.186 e. The molecule has 8 heteroatoms. The van der Waals surface area contributed by atoms with E-state index in [1.54, 1.807) is 22.5 Å². The zero-order valence-corrected chi connectivity index (χ0v) is 16.7. The molecule has 2 aromatic carbocycles. The Hall–Kier alpha value is -1.96. The first kappa shape index (κ1) is 19.4. The molecule has 0 amide bonds. The van der Waals surface area contributed by atoms with Crippen LogP contribution in [0, 0.1) is 11.6 Å². The van der Waals surface area contributed by atoms with E-state index in [9.17, 15) is 8.78 Å². The number of halogens is 3. The van der Waals surface area contributed by atoms with Crippen molar-refractivity contribution in [3.05, 3.63) is 76.6 Å². The highest BCUT2D eigenvalue weighted by atomic mass is 35.5. The van der Waals surface area contributed by atoms with Crippen molar-refractivity contribution < 1.29 is 13.5 Å². The third-order valence-electron chi connectivity index (χ3n) is 4.67. The van der Waals surface area contributed by atoms with Gasteiger partial charge in [0.25, 0.3) is 0 Å². The maximum absolute atomic E-state index is 14.7. The average Bonchev–Trinajstić information content (AvgIpc) is 3.21. The Morgan fingerprint density at radius 1 is 1.25 bits per heavy atom. The fourth-order valence-electron chi connectivity index (χ4n) is 3.31. The topological polar surface area (TPSA) is 43.2 Å². The van der Waals surface area contributed by atoms with Crippen molar-refractivity contribution in [3.8, 4) is 0 Å². The fourth-order valence-corrected chi connectivity index (χ4v) is 4.31. The predicted octanol–water partition coefficient (Wildman–Crippen LogP) is 5.38. The molecular formula is C20H18ClF2N3OS. The van der Waals surface area contributed by atoms with Crippen molar-refractivity contribution in [3.63, 3.8) is 0 Å². The second-order valence-corrected chi connectivity index (χ2v) is 8.05. The lowest BCUT2D eigenvalue weighted by atomic mass is 9.91. The van der Waals surface area contributed by atoms with E-state index in [1.165, 1.54) is 18.5 Å². The van der Waals surface area contributed by atoms with E-state index in [1.807, 2.05) is 18.2 Å². The van der Waals surface area contributed by atoms with Crippen LogP contribution >= 0.6 is 23.4 Å². The summed E-state index contributed by atoms with van der Waals surface area (Å²) in [6.45, 7) is 2.33. The van der Waals surface area contributed by atoms with Crippen LogP contribution in [0.4, 0.5) is 8.78 Å². The molecule has 4 nitrogen and oxygen atoms in total. The number of thioether (sulfide) groups is 1. The number of benzene rings is 2. The lowest BCUT2D eigenvalue weighted by Gasteiger charge is -2.16. The van der Waals surface area contributed by atoms with E-state index in [0.29, 0.717) is 5.02 Å². The van der Waals surface area contributed by atoms with Gasteiger partial charge in [-0.05, 0) is 18.6 Å². The number of aromatic nitrogens is 3. The van der Waals surface area contributed by atoms with Crippen molar-refractivity contribution in [2.24, 2.45) is 0 Å². The number of hydrogen-bond donors (Lipinski definition) is 0. The molecule has 2 atom stereocenters. The predicted molar refractivity (Wildman–Crippen MR) is 104 cm³/mol. The van der Waals surface area contributed by atoms with Crippen molar-refractivity contribution in [2.45, 2.75) is 36.8 Å². The monoisotopic (exact) mass is 421 g/mol. The molecule has 0 bridgehead atoms. The Morgan fingerprint density at radius 3 is 2.82 bits per heavy atom. The maximum atomic E-state index is 14.7. The molecule has 0 spiro atoms. The van der Waals surface area contributed by atoms with E-state index in [4.69, 9.17) is 16.3 Å². The van der Waals surface area contributed by atoms with Gasteiger partial charge in [-0.1, -0.05) is 54.6 Å². The average molecular weight is 422 g/mol. The molecular weight excluding hydrogens is 404 g/mol. The molecule has 0 saturated carbocycles. The highest BCUT2D eigenvalue weighted by molar-refractivity contribution is 7.99. The number of rotatable bonds is 7. The fraction of sp³-hybridized carbons (Fsp3) is 0.300. The summed E-state index contributed by atoms with van der Waals surface area (Å²) in [6, 6.07) is 10.8. The third kappa shape index (κ3) is 3.54. The summed E-state index contributed by atoms with van der Waals surface area (Å²) in [5.41, 5.74) is 0.00869. The van der Waals surface area contributed by atoms with Crippen LogP contribution < -0.4 is 0 Å². The summed E-state index contributed by atoms with van der Waals surface area (Å²) < 4.78 is 36.0. The molecule has 28 heavy (non-hydrogen) atoms. The Kier molecular flexibility index (Phi) is 5.40. The van der Waals surface area contributed by atoms with Crippen molar-refractivity contribution in [2.75, 3.05) is 5.75 Å². The quantitative estimate of drug-likeness (QED) is 0.379. The molecule has 2 unspecified atom stereocenters. The minimum absolute atomic E-state index is 0.248. The SMILES string of the molecule is CCCSc1ncnn1CC1(c2ccc(F)cc2F)OC1c1ccccc1Cl. The molecule has 4 rings (SSSR count). The largest absolute Gasteiger partial charge is 0.354 e. The maximum Gasteiger partial charge on any atom is 0.186 e. The van der Waals surface area contributed by atoms with Crippen LogP contribution in [0.5, 0.6) is 0 Å². The Bertz CT molecular complexity index is 999. The van der Waals surface area contributed by atoms with Gasteiger partial charge in [0.05, 0.1) is 6.54 Å². The summed E-state index contributed by atoms with van der Waals surface area (Å²) in [6.07, 6.45) is 2.00. The summed E-state index contributed by atoms with van der Waals surface area (Å²) in [5, 5.41) is 5.56. The first-order chi connectivity index (χ1) is 13.5. The molecule has 0 aliphatic carbocycles. The van der Waals surface area contributed by atoms with Crippen molar-refractivity contribution in [1.82, 2.24) is 14.8 Å². The van der Waals surface area contributed by atoms with Crippen LogP contribution in [0.25, 0.3) is 0 Å². The van der Waals surface area contributed by atoms with E-state index in [2.05, 4.69) is 17.0 Å². The normalized spacial score (nSPS) is 21.1. The third-order valence-corrected chi connectivity index (χ3v) is 6.20. The zero-order chi connectivity index (χ0) is 19.7. The summed E-state index contributed by atoms with van der Waals surface area (Å²) in [5.74, 6) is -0.394. The van der Waals surface area contributed by atoms with Gasteiger partial charge in [-0.3, -0.25) is 0 Å². The number of epoxide rings is 1. The minimum Gasteiger partial charge on any atom is -0.354 e. The summed E-state index contributed by atoms with van der Waals surface area (Å²) >= 11 is 7.93. The molecule has 1 fully saturated rings. The standard InChI is InChI=1S/C20H18ClF2N3OS/c1-2-9-28-19-24-12-25-26(19)11-20(15-8-7-13(22)10-17(15)23)18(27-20)14-5-3-4-6-16(14)21/h3-8,10,12,18H,2,9,11H2,1H3. The molecule has 1 saturated heterocycles. The van der Waals surface area contributed by atoms with Gasteiger partial charge in [-0.2, -0.15) is 5.10 Å². The molecule has 0 radical (unpaired) electrons. The Balaban J connectivity index is 1.74. The van der Waals surface area contributed by atoms with Crippen LogP contribution in [0.1, 0.15) is 30.6 Å². The minimum atomic E-state index is -1.03. The number of ether oxygens (including phenoxy) is 1. The summed E-state index contributed by atoms with van der Waals surface area (Å²) in [4.78, 5) is 4.29. The first-order valence-electron chi connectivity index (χ1n) is 8.93. The Morgan fingerprint density at radius 2 is 2.07 bits per heavy atom. The van der Waals surface area contributed by atoms with Gasteiger partial charge < -0.3 is 4.74 Å². The van der Waals surface area contributed by atoms with Gasteiger partial charge in [0.15, 0.2) is 5.16 Å². The zero-order valence-electron chi connectivity index (χ0n) is 15.1. The van der Waals surface area contributed by atoms with Crippen LogP contribution in [-0.2, 0) is 16.9 Å². The van der Waals surface area contributed by atoms with Gasteiger partial charge in [-0.25, -0.2) is 18.4 Å². The van der Waals surface area contributed by atoms with Gasteiger partial charge in [0, 0.05) is 28.0 Å².